The summed E-state index contributed by atoms with van der Waals surface area (Å²) in [6, 6.07) is 27.5. The van der Waals surface area contributed by atoms with Crippen LogP contribution in [-0.4, -0.2) is 19.6 Å². The molecule has 0 aromatic heterocycles. The Hall–Kier alpha value is -2.81. The van der Waals surface area contributed by atoms with Gasteiger partial charge in [0.1, 0.15) is 5.75 Å². The second-order valence-corrected chi connectivity index (χ2v) is 9.54. The van der Waals surface area contributed by atoms with Gasteiger partial charge in [0.25, 0.3) is 0 Å². The van der Waals surface area contributed by atoms with Gasteiger partial charge in [-0.1, -0.05) is 90.0 Å². The van der Waals surface area contributed by atoms with E-state index in [0.29, 0.717) is 5.03 Å². The summed E-state index contributed by atoms with van der Waals surface area (Å²) in [6.45, 7) is 5.55. The second-order valence-electron chi connectivity index (χ2n) is 9.17. The number of hydrogen-bond donors (Lipinski definition) is 1. The molecule has 0 amide bonds. The smallest absolute Gasteiger partial charge is 0.153 e. The van der Waals surface area contributed by atoms with Crippen LogP contribution < -0.4 is 9.64 Å². The summed E-state index contributed by atoms with van der Waals surface area (Å²) in [7, 11) is 0. The summed E-state index contributed by atoms with van der Waals surface area (Å²) >= 11 is 7.26. The predicted molar refractivity (Wildman–Crippen MR) is 137 cm³/mol. The molecule has 0 spiro atoms. The summed E-state index contributed by atoms with van der Waals surface area (Å²) in [5, 5.41) is 0.709. The third kappa shape index (κ3) is 4.78. The minimum atomic E-state index is 0.0297. The van der Waals surface area contributed by atoms with E-state index in [1.807, 2.05) is 6.07 Å². The van der Waals surface area contributed by atoms with Gasteiger partial charge in [-0.05, 0) is 49.5 Å². The first-order valence-electron chi connectivity index (χ1n) is 12.0. The van der Waals surface area contributed by atoms with E-state index >= 15 is 0 Å². The van der Waals surface area contributed by atoms with Crippen LogP contribution in [0.4, 0.5) is 0 Å². The standard InChI is InChI=1S/C30H30ClNO/c1-22-14-16-24(17-15-22)30-29(31)26(18-21-32-19-8-3-9-20-32)28(23-10-4-2-5-11-23)25-12-6-7-13-27(25)33-30/h2,4-7,10-18,28H,3,8-9,19-21H2,1H3/p+1. The number of quaternary nitrogens is 1. The molecule has 3 aromatic rings. The molecule has 0 radical (unpaired) electrons. The van der Waals surface area contributed by atoms with Crippen molar-refractivity contribution in [1.29, 1.82) is 0 Å². The molecule has 0 aliphatic carbocycles. The highest BCUT2D eigenvalue weighted by atomic mass is 35.5. The van der Waals surface area contributed by atoms with Crippen LogP contribution in [0.2, 0.25) is 0 Å². The molecule has 5 rings (SSSR count). The van der Waals surface area contributed by atoms with Crippen molar-refractivity contribution in [2.75, 3.05) is 19.6 Å². The summed E-state index contributed by atoms with van der Waals surface area (Å²) in [6.07, 6.45) is 6.35. The highest BCUT2D eigenvalue weighted by molar-refractivity contribution is 6.35. The van der Waals surface area contributed by atoms with Gasteiger partial charge in [-0.25, -0.2) is 0 Å². The Kier molecular flexibility index (Phi) is 6.66. The third-order valence-electron chi connectivity index (χ3n) is 6.82. The quantitative estimate of drug-likeness (QED) is 0.499. The number of halogens is 1. The number of fused-ring (bicyclic) bond motifs is 1. The van der Waals surface area contributed by atoms with Crippen molar-refractivity contribution in [2.45, 2.75) is 32.1 Å². The Morgan fingerprint density at radius 2 is 1.58 bits per heavy atom. The number of aryl methyl sites for hydroxylation is 1. The van der Waals surface area contributed by atoms with Crippen molar-refractivity contribution in [3.8, 4) is 5.75 Å². The van der Waals surface area contributed by atoms with E-state index in [1.54, 1.807) is 4.90 Å². The first kappa shape index (κ1) is 22.0. The lowest BCUT2D eigenvalue weighted by Gasteiger charge is -2.24. The van der Waals surface area contributed by atoms with Gasteiger partial charge in [0.2, 0.25) is 0 Å². The molecular formula is C30H31ClNO+. The first-order chi connectivity index (χ1) is 16.2. The molecule has 33 heavy (non-hydrogen) atoms. The lowest BCUT2D eigenvalue weighted by atomic mass is 9.83. The summed E-state index contributed by atoms with van der Waals surface area (Å²) in [5.74, 6) is 1.64. The van der Waals surface area contributed by atoms with E-state index in [0.717, 1.165) is 34.8 Å². The van der Waals surface area contributed by atoms with Gasteiger partial charge in [0.05, 0.1) is 24.7 Å². The number of benzene rings is 3. The fourth-order valence-corrected chi connectivity index (χ4v) is 5.34. The van der Waals surface area contributed by atoms with E-state index < -0.39 is 0 Å². The van der Waals surface area contributed by atoms with Gasteiger partial charge in [-0.2, -0.15) is 0 Å². The third-order valence-corrected chi connectivity index (χ3v) is 7.21. The molecule has 1 unspecified atom stereocenters. The Bertz CT molecular complexity index is 1160. The van der Waals surface area contributed by atoms with Crippen LogP contribution in [0.3, 0.4) is 0 Å². The number of allylic oxidation sites excluding steroid dienone is 2. The zero-order valence-electron chi connectivity index (χ0n) is 19.2. The number of nitrogens with one attached hydrogen (secondary N) is 1. The van der Waals surface area contributed by atoms with Crippen LogP contribution in [0.1, 0.15) is 47.4 Å². The zero-order chi connectivity index (χ0) is 22.6. The van der Waals surface area contributed by atoms with E-state index in [-0.39, 0.29) is 5.92 Å². The Balaban J connectivity index is 1.68. The van der Waals surface area contributed by atoms with Gasteiger partial charge in [0, 0.05) is 17.0 Å². The number of hydrogen-bond acceptors (Lipinski definition) is 1. The number of likely N-dealkylation sites (tertiary alicyclic amines) is 1. The Morgan fingerprint density at radius 3 is 2.33 bits per heavy atom. The van der Waals surface area contributed by atoms with E-state index in [2.05, 4.69) is 85.8 Å². The van der Waals surface area contributed by atoms with Crippen molar-refractivity contribution in [1.82, 2.24) is 0 Å². The molecule has 1 saturated heterocycles. The number of para-hydroxylation sites is 1. The maximum Gasteiger partial charge on any atom is 0.153 e. The van der Waals surface area contributed by atoms with Gasteiger partial charge in [-0.15, -0.1) is 0 Å². The summed E-state index contributed by atoms with van der Waals surface area (Å²) in [5.41, 5.74) is 5.75. The molecule has 168 valence electrons. The molecular weight excluding hydrogens is 426 g/mol. The van der Waals surface area contributed by atoms with E-state index in [4.69, 9.17) is 16.3 Å². The van der Waals surface area contributed by atoms with Crippen molar-refractivity contribution in [2.24, 2.45) is 0 Å². The minimum absolute atomic E-state index is 0.0297. The molecule has 0 saturated carbocycles. The molecule has 3 heteroatoms. The monoisotopic (exact) mass is 456 g/mol. The molecule has 2 nitrogen and oxygen atoms in total. The van der Waals surface area contributed by atoms with Gasteiger partial charge in [0.15, 0.2) is 5.76 Å². The predicted octanol–water partition coefficient (Wildman–Crippen LogP) is 6.12. The highest BCUT2D eigenvalue weighted by Crippen LogP contribution is 2.47. The SMILES string of the molecule is Cc1ccc(C2=C(Cl)C(=CC[NH+]3CCCCC3)C(c3ccccc3)c3ccccc3O2)cc1. The van der Waals surface area contributed by atoms with Gasteiger partial charge >= 0.3 is 0 Å². The average Bonchev–Trinajstić information content (AvgIpc) is 2.99. The topological polar surface area (TPSA) is 13.7 Å². The highest BCUT2D eigenvalue weighted by Gasteiger charge is 2.31. The van der Waals surface area contributed by atoms with Crippen LogP contribution >= 0.6 is 11.6 Å². The molecule has 2 aliphatic rings. The van der Waals surface area contributed by atoms with E-state index in [1.165, 1.54) is 43.5 Å². The normalized spacial score (nSPS) is 20.3. The van der Waals surface area contributed by atoms with Gasteiger partial charge in [-0.3, -0.25) is 0 Å². The molecule has 3 aromatic carbocycles. The number of rotatable bonds is 4. The van der Waals surface area contributed by atoms with Crippen LogP contribution in [0.15, 0.2) is 95.5 Å². The fourth-order valence-electron chi connectivity index (χ4n) is 5.00. The largest absolute Gasteiger partial charge is 0.455 e. The molecule has 1 fully saturated rings. The van der Waals surface area contributed by atoms with Crippen LogP contribution in [-0.2, 0) is 0 Å². The molecule has 0 bridgehead atoms. The summed E-state index contributed by atoms with van der Waals surface area (Å²) < 4.78 is 6.57. The van der Waals surface area contributed by atoms with Crippen molar-refractivity contribution in [3.63, 3.8) is 0 Å². The van der Waals surface area contributed by atoms with Crippen LogP contribution in [0.5, 0.6) is 5.75 Å². The number of piperidine rings is 1. The zero-order valence-corrected chi connectivity index (χ0v) is 19.9. The Morgan fingerprint density at radius 1 is 0.879 bits per heavy atom. The number of ether oxygens (including phenoxy) is 1. The maximum atomic E-state index is 7.26. The molecule has 2 aliphatic heterocycles. The first-order valence-corrected chi connectivity index (χ1v) is 12.4. The van der Waals surface area contributed by atoms with Crippen LogP contribution in [0.25, 0.3) is 5.76 Å². The van der Waals surface area contributed by atoms with Gasteiger partial charge < -0.3 is 9.64 Å². The molecule has 2 heterocycles. The molecule has 1 N–H and O–H groups in total. The van der Waals surface area contributed by atoms with E-state index in [9.17, 15) is 0 Å². The summed E-state index contributed by atoms with van der Waals surface area (Å²) in [4.78, 5) is 1.64. The Labute approximate surface area is 202 Å². The lowest BCUT2D eigenvalue weighted by molar-refractivity contribution is -0.899. The maximum absolute atomic E-state index is 7.26. The van der Waals surface area contributed by atoms with Crippen molar-refractivity contribution in [3.05, 3.63) is 118 Å². The van der Waals surface area contributed by atoms with Crippen molar-refractivity contribution >= 4 is 17.4 Å². The average molecular weight is 457 g/mol. The van der Waals surface area contributed by atoms with Crippen LogP contribution in [0, 0.1) is 6.92 Å². The molecule has 1 atom stereocenters. The fraction of sp³-hybridized carbons (Fsp3) is 0.267. The second kappa shape index (κ2) is 9.99. The van der Waals surface area contributed by atoms with Crippen molar-refractivity contribution < 1.29 is 9.64 Å². The lowest BCUT2D eigenvalue weighted by Crippen LogP contribution is -3.12. The minimum Gasteiger partial charge on any atom is -0.455 e.